The molecule has 250 valence electrons. The monoisotopic (exact) mass is 674 g/mol. The minimum Gasteiger partial charge on any atom is -0.488 e. The quantitative estimate of drug-likeness (QED) is 0.126. The summed E-state index contributed by atoms with van der Waals surface area (Å²) in [6.45, 7) is 7.50. The van der Waals surface area contributed by atoms with Gasteiger partial charge in [-0.25, -0.2) is 0 Å². The van der Waals surface area contributed by atoms with E-state index >= 15 is 0 Å². The van der Waals surface area contributed by atoms with Crippen molar-refractivity contribution in [2.24, 2.45) is 0 Å². The fourth-order valence-electron chi connectivity index (χ4n) is 5.64. The maximum Gasteiger partial charge on any atom is 0.161 e. The predicted molar refractivity (Wildman–Crippen MR) is 191 cm³/mol. The van der Waals surface area contributed by atoms with Crippen LogP contribution in [0, 0.1) is 18.3 Å². The molecule has 49 heavy (non-hydrogen) atoms. The lowest BCUT2D eigenvalue weighted by Gasteiger charge is -2.20. The Morgan fingerprint density at radius 2 is 1.55 bits per heavy atom. The molecule has 0 radical (unpaired) electrons. The third kappa shape index (κ3) is 8.92. The number of nitrogens with zero attached hydrogens (tertiary/aromatic N) is 1. The lowest BCUT2D eigenvalue weighted by atomic mass is 9.96. The summed E-state index contributed by atoms with van der Waals surface area (Å²) in [6.07, 6.45) is 0. The lowest BCUT2D eigenvalue weighted by Crippen LogP contribution is -2.30. The van der Waals surface area contributed by atoms with Crippen LogP contribution in [0.2, 0.25) is 5.02 Å². The minimum atomic E-state index is 0.0861. The molecular formula is C41H39ClN2O5. The van der Waals surface area contributed by atoms with Crippen LogP contribution in [0.15, 0.2) is 103 Å². The second-order valence-electron chi connectivity index (χ2n) is 12.0. The highest BCUT2D eigenvalue weighted by molar-refractivity contribution is 6.32. The predicted octanol–water partition coefficient (Wildman–Crippen LogP) is 8.81. The van der Waals surface area contributed by atoms with Crippen molar-refractivity contribution >= 4 is 11.6 Å². The smallest absolute Gasteiger partial charge is 0.161 e. The molecule has 7 nitrogen and oxygen atoms in total. The van der Waals surface area contributed by atoms with Crippen LogP contribution in [0.1, 0.15) is 40.3 Å². The molecule has 0 aliphatic carbocycles. The van der Waals surface area contributed by atoms with Crippen molar-refractivity contribution in [3.8, 4) is 40.2 Å². The van der Waals surface area contributed by atoms with Crippen LogP contribution in [0.5, 0.6) is 23.0 Å². The van der Waals surface area contributed by atoms with Crippen LogP contribution >= 0.6 is 11.6 Å². The average Bonchev–Trinajstić information content (AvgIpc) is 3.14. The molecular weight excluding hydrogens is 636 g/mol. The summed E-state index contributed by atoms with van der Waals surface area (Å²) < 4.78 is 30.2. The number of hydrogen-bond donors (Lipinski definition) is 1. The standard InChI is InChI=1S/C41H39ClN2O5/c1-28(24-45-25-30-8-4-3-5-9-30)44-23-35-19-37(42)40(21-39(35)48-26-32-11-6-10-31(18-32)22-43)49-27-34-12-7-13-36(29(34)2)33-14-15-38-41(20-33)47-17-16-46-38/h3-15,18-21,28,44H,16-17,23-27H2,1-2H3/t28-/m1/s1. The SMILES string of the molecule is Cc1c(COc2cc(OCc3cccc(C#N)c3)c(CN[C@H](C)COCc3ccccc3)cc2Cl)cccc1-c1ccc2c(c1)OCCO2. The highest BCUT2D eigenvalue weighted by Crippen LogP contribution is 2.37. The van der Waals surface area contributed by atoms with Crippen molar-refractivity contribution < 1.29 is 23.7 Å². The minimum absolute atomic E-state index is 0.0861. The number of halogens is 1. The molecule has 8 heteroatoms. The van der Waals surface area contributed by atoms with Crippen LogP contribution < -0.4 is 24.3 Å². The summed E-state index contributed by atoms with van der Waals surface area (Å²) in [7, 11) is 0. The summed E-state index contributed by atoms with van der Waals surface area (Å²) in [5.74, 6) is 2.69. The van der Waals surface area contributed by atoms with Crippen LogP contribution in [0.25, 0.3) is 11.1 Å². The molecule has 5 aromatic carbocycles. The van der Waals surface area contributed by atoms with Gasteiger partial charge in [0.2, 0.25) is 0 Å². The topological polar surface area (TPSA) is 82.0 Å². The van der Waals surface area contributed by atoms with Gasteiger partial charge >= 0.3 is 0 Å². The fourth-order valence-corrected chi connectivity index (χ4v) is 5.88. The summed E-state index contributed by atoms with van der Waals surface area (Å²) in [5, 5.41) is 13.4. The van der Waals surface area contributed by atoms with Gasteiger partial charge in [-0.15, -0.1) is 0 Å². The van der Waals surface area contributed by atoms with E-state index in [-0.39, 0.29) is 12.6 Å². The van der Waals surface area contributed by atoms with E-state index in [9.17, 15) is 5.26 Å². The number of fused-ring (bicyclic) bond motifs is 1. The Kier molecular flexibility index (Phi) is 11.3. The third-order valence-electron chi connectivity index (χ3n) is 8.37. The number of ether oxygens (including phenoxy) is 5. The van der Waals surface area contributed by atoms with Crippen molar-refractivity contribution in [2.45, 2.75) is 46.3 Å². The first-order valence-corrected chi connectivity index (χ1v) is 16.7. The second kappa shape index (κ2) is 16.4. The number of hydrogen-bond acceptors (Lipinski definition) is 7. The molecule has 1 aliphatic rings. The van der Waals surface area contributed by atoms with Crippen LogP contribution in [0.3, 0.4) is 0 Å². The van der Waals surface area contributed by atoms with Gasteiger partial charge in [-0.3, -0.25) is 0 Å². The van der Waals surface area contributed by atoms with Crippen molar-refractivity contribution in [3.63, 3.8) is 0 Å². The van der Waals surface area contributed by atoms with E-state index in [1.165, 1.54) is 0 Å². The Labute approximate surface area is 292 Å². The highest BCUT2D eigenvalue weighted by Gasteiger charge is 2.17. The number of nitriles is 1. The average molecular weight is 675 g/mol. The zero-order valence-corrected chi connectivity index (χ0v) is 28.5. The molecule has 1 atom stereocenters. The van der Waals surface area contributed by atoms with E-state index in [2.05, 4.69) is 55.6 Å². The maximum absolute atomic E-state index is 9.36. The van der Waals surface area contributed by atoms with Gasteiger partial charge in [0.15, 0.2) is 11.5 Å². The largest absolute Gasteiger partial charge is 0.488 e. The van der Waals surface area contributed by atoms with Gasteiger partial charge in [-0.1, -0.05) is 78.3 Å². The van der Waals surface area contributed by atoms with Crippen molar-refractivity contribution in [2.75, 3.05) is 19.8 Å². The van der Waals surface area contributed by atoms with Crippen molar-refractivity contribution in [1.29, 1.82) is 5.26 Å². The molecule has 0 saturated heterocycles. The molecule has 6 rings (SSSR count). The molecule has 1 heterocycles. The zero-order valence-electron chi connectivity index (χ0n) is 27.7. The molecule has 0 fully saturated rings. The van der Waals surface area contributed by atoms with E-state index in [0.717, 1.165) is 50.4 Å². The molecule has 0 amide bonds. The molecule has 0 spiro atoms. The van der Waals surface area contributed by atoms with E-state index in [4.69, 9.17) is 35.3 Å². The first-order chi connectivity index (χ1) is 24.0. The third-order valence-corrected chi connectivity index (χ3v) is 8.66. The fraction of sp³-hybridized carbons (Fsp3) is 0.244. The normalized spacial score (nSPS) is 12.6. The molecule has 1 N–H and O–H groups in total. The van der Waals surface area contributed by atoms with Crippen LogP contribution in [-0.2, 0) is 31.1 Å². The summed E-state index contributed by atoms with van der Waals surface area (Å²) >= 11 is 6.83. The summed E-state index contributed by atoms with van der Waals surface area (Å²) in [6, 6.07) is 35.8. The highest BCUT2D eigenvalue weighted by atomic mass is 35.5. The Morgan fingerprint density at radius 1 is 0.776 bits per heavy atom. The number of rotatable bonds is 14. The van der Waals surface area contributed by atoms with Gasteiger partial charge < -0.3 is 29.0 Å². The van der Waals surface area contributed by atoms with E-state index in [1.54, 1.807) is 6.07 Å². The van der Waals surface area contributed by atoms with Gasteiger partial charge in [0.1, 0.15) is 37.9 Å². The van der Waals surface area contributed by atoms with Crippen LogP contribution in [0.4, 0.5) is 0 Å². The maximum atomic E-state index is 9.36. The Hall–Kier alpha value is -5.00. The van der Waals surface area contributed by atoms with E-state index in [0.29, 0.717) is 61.7 Å². The molecule has 0 bridgehead atoms. The Bertz CT molecular complexity index is 1920. The molecule has 0 saturated carbocycles. The Balaban J connectivity index is 1.16. The zero-order chi connectivity index (χ0) is 34.0. The van der Waals surface area contributed by atoms with Gasteiger partial charge in [0.05, 0.1) is 29.9 Å². The first-order valence-electron chi connectivity index (χ1n) is 16.4. The number of nitrogens with one attached hydrogen (secondary N) is 1. The molecule has 0 unspecified atom stereocenters. The van der Waals surface area contributed by atoms with Gasteiger partial charge in [-0.05, 0) is 77.6 Å². The number of benzene rings is 5. The van der Waals surface area contributed by atoms with E-state index < -0.39 is 0 Å². The Morgan fingerprint density at radius 3 is 2.39 bits per heavy atom. The summed E-state index contributed by atoms with van der Waals surface area (Å²) in [5.41, 5.74) is 7.79. The van der Waals surface area contributed by atoms with Crippen molar-refractivity contribution in [1.82, 2.24) is 5.32 Å². The molecule has 1 aliphatic heterocycles. The van der Waals surface area contributed by atoms with Crippen LogP contribution in [-0.4, -0.2) is 25.9 Å². The van der Waals surface area contributed by atoms with Gasteiger partial charge in [-0.2, -0.15) is 5.26 Å². The molecule has 0 aromatic heterocycles. The first kappa shape index (κ1) is 33.9. The second-order valence-corrected chi connectivity index (χ2v) is 12.4. The van der Waals surface area contributed by atoms with Crippen molar-refractivity contribution in [3.05, 3.63) is 142 Å². The van der Waals surface area contributed by atoms with Gasteiger partial charge in [0.25, 0.3) is 0 Å². The summed E-state index contributed by atoms with van der Waals surface area (Å²) in [4.78, 5) is 0. The lowest BCUT2D eigenvalue weighted by molar-refractivity contribution is 0.102. The van der Waals surface area contributed by atoms with Gasteiger partial charge in [0, 0.05) is 24.2 Å². The molecule has 5 aromatic rings. The van der Waals surface area contributed by atoms with E-state index in [1.807, 2.05) is 66.7 Å².